The summed E-state index contributed by atoms with van der Waals surface area (Å²) in [5.41, 5.74) is 0.624. The van der Waals surface area contributed by atoms with E-state index in [1.807, 2.05) is 0 Å². The van der Waals surface area contributed by atoms with Crippen molar-refractivity contribution in [1.29, 1.82) is 0 Å². The number of nitrogens with one attached hydrogen (secondary N) is 2. The monoisotopic (exact) mass is 473 g/mol. The highest BCUT2D eigenvalue weighted by Crippen LogP contribution is 2.21. The second-order valence-corrected chi connectivity index (χ2v) is 8.40. The first kappa shape index (κ1) is 22.0. The number of amides is 1. The van der Waals surface area contributed by atoms with E-state index in [0.29, 0.717) is 12.1 Å². The Labute approximate surface area is 185 Å². The minimum Gasteiger partial charge on any atom is -0.322 e. The first-order valence-electron chi connectivity index (χ1n) is 9.27. The molecule has 0 aliphatic rings. The lowest BCUT2D eigenvalue weighted by atomic mass is 10.2. The molecular weight excluding hydrogens is 459 g/mol. The van der Waals surface area contributed by atoms with Crippen LogP contribution in [0.2, 0.25) is 0 Å². The number of halogens is 3. The summed E-state index contributed by atoms with van der Waals surface area (Å²) in [5, 5.41) is 6.38. The highest BCUT2D eigenvalue weighted by Gasteiger charge is 2.17. The second kappa shape index (κ2) is 8.74. The molecule has 4 aromatic rings. The summed E-state index contributed by atoms with van der Waals surface area (Å²) in [4.78, 5) is 15.7. The molecule has 0 atom stereocenters. The predicted octanol–water partition coefficient (Wildman–Crippen LogP) is 3.74. The predicted molar refractivity (Wildman–Crippen MR) is 113 cm³/mol. The maximum absolute atomic E-state index is 14.3. The number of benzene rings is 3. The maximum Gasteiger partial charge on any atom is 0.261 e. The zero-order chi connectivity index (χ0) is 23.6. The molecule has 12 heteroatoms. The number of anilines is 2. The summed E-state index contributed by atoms with van der Waals surface area (Å²) >= 11 is 0. The van der Waals surface area contributed by atoms with E-state index in [4.69, 9.17) is 0 Å². The number of hydrogen-bond acceptors (Lipinski definition) is 5. The molecule has 8 nitrogen and oxygen atoms in total. The molecule has 4 rings (SSSR count). The fourth-order valence-corrected chi connectivity index (χ4v) is 3.92. The number of aromatic nitrogens is 3. The zero-order valence-electron chi connectivity index (χ0n) is 16.5. The van der Waals surface area contributed by atoms with Gasteiger partial charge in [-0.2, -0.15) is 5.10 Å². The summed E-state index contributed by atoms with van der Waals surface area (Å²) in [6.45, 7) is 0. The lowest BCUT2D eigenvalue weighted by Gasteiger charge is -2.10. The first-order valence-corrected chi connectivity index (χ1v) is 10.7. The lowest BCUT2D eigenvalue weighted by Crippen LogP contribution is -2.14. The standard InChI is InChI=1S/C21H14F3N5O3S/c22-17-7-6-16(10-18(17)23)33(31,32)28-14-3-1-13(2-4-14)21(30)27-15-5-8-20(19(24)9-15)29-12-25-11-26-29/h1-12,28H,(H,27,30). The highest BCUT2D eigenvalue weighted by molar-refractivity contribution is 7.92. The third kappa shape index (κ3) is 4.85. The van der Waals surface area contributed by atoms with E-state index in [1.54, 1.807) is 0 Å². The molecule has 1 heterocycles. The largest absolute Gasteiger partial charge is 0.322 e. The van der Waals surface area contributed by atoms with Crippen LogP contribution in [0.15, 0.2) is 78.2 Å². The van der Waals surface area contributed by atoms with Crippen molar-refractivity contribution in [3.63, 3.8) is 0 Å². The molecule has 0 saturated heterocycles. The van der Waals surface area contributed by atoms with Gasteiger partial charge in [0, 0.05) is 16.9 Å². The second-order valence-electron chi connectivity index (χ2n) is 6.72. The SMILES string of the molecule is O=C(Nc1ccc(-n2cncn2)c(F)c1)c1ccc(NS(=O)(=O)c2ccc(F)c(F)c2)cc1. The molecule has 1 aromatic heterocycles. The molecular formula is C21H14F3N5O3S. The van der Waals surface area contributed by atoms with Crippen molar-refractivity contribution in [2.24, 2.45) is 0 Å². The molecule has 2 N–H and O–H groups in total. The average Bonchev–Trinajstić information content (AvgIpc) is 3.30. The summed E-state index contributed by atoms with van der Waals surface area (Å²) in [6, 6.07) is 11.6. The van der Waals surface area contributed by atoms with Crippen molar-refractivity contribution in [2.75, 3.05) is 10.0 Å². The minimum atomic E-state index is -4.17. The molecule has 0 spiro atoms. The molecule has 33 heavy (non-hydrogen) atoms. The van der Waals surface area contributed by atoms with Crippen LogP contribution in [0, 0.1) is 17.5 Å². The van der Waals surface area contributed by atoms with Crippen LogP contribution < -0.4 is 10.0 Å². The average molecular weight is 473 g/mol. The molecule has 0 saturated carbocycles. The Morgan fingerprint density at radius 2 is 1.58 bits per heavy atom. The molecule has 3 aromatic carbocycles. The van der Waals surface area contributed by atoms with Crippen molar-refractivity contribution in [1.82, 2.24) is 14.8 Å². The van der Waals surface area contributed by atoms with Gasteiger partial charge in [0.2, 0.25) is 0 Å². The number of carbonyl (C=O) groups excluding carboxylic acids is 1. The Morgan fingerprint density at radius 1 is 0.848 bits per heavy atom. The topological polar surface area (TPSA) is 106 Å². The molecule has 0 aliphatic heterocycles. The van der Waals surface area contributed by atoms with Crippen molar-refractivity contribution >= 4 is 27.3 Å². The van der Waals surface area contributed by atoms with E-state index in [-0.39, 0.29) is 22.6 Å². The fraction of sp³-hybridized carbons (Fsp3) is 0. The number of hydrogen-bond donors (Lipinski definition) is 2. The van der Waals surface area contributed by atoms with E-state index in [9.17, 15) is 26.4 Å². The van der Waals surface area contributed by atoms with E-state index in [2.05, 4.69) is 20.1 Å². The van der Waals surface area contributed by atoms with Gasteiger partial charge >= 0.3 is 0 Å². The van der Waals surface area contributed by atoms with Gasteiger partial charge in [0.05, 0.1) is 4.90 Å². The maximum atomic E-state index is 14.3. The van der Waals surface area contributed by atoms with Crippen LogP contribution in [-0.2, 0) is 10.0 Å². The normalized spacial score (nSPS) is 11.2. The van der Waals surface area contributed by atoms with Crippen LogP contribution in [0.4, 0.5) is 24.5 Å². The van der Waals surface area contributed by atoms with Gasteiger partial charge in [-0.15, -0.1) is 0 Å². The van der Waals surface area contributed by atoms with E-state index >= 15 is 0 Å². The highest BCUT2D eigenvalue weighted by atomic mass is 32.2. The summed E-state index contributed by atoms with van der Waals surface area (Å²) in [6.07, 6.45) is 2.59. The summed E-state index contributed by atoms with van der Waals surface area (Å²) in [7, 11) is -4.17. The first-order chi connectivity index (χ1) is 15.7. The van der Waals surface area contributed by atoms with Gasteiger partial charge in [-0.05, 0) is 60.7 Å². The number of carbonyl (C=O) groups is 1. The van der Waals surface area contributed by atoms with Crippen molar-refractivity contribution < 1.29 is 26.4 Å². The van der Waals surface area contributed by atoms with Crippen LogP contribution in [0.25, 0.3) is 5.69 Å². The number of nitrogens with zero attached hydrogens (tertiary/aromatic N) is 3. The molecule has 0 radical (unpaired) electrons. The van der Waals surface area contributed by atoms with Gasteiger partial charge in [-0.25, -0.2) is 31.3 Å². The Kier molecular flexibility index (Phi) is 5.84. The molecule has 0 bridgehead atoms. The van der Waals surface area contributed by atoms with Crippen LogP contribution in [0.1, 0.15) is 10.4 Å². The van der Waals surface area contributed by atoms with E-state index < -0.39 is 38.3 Å². The minimum absolute atomic E-state index is 0.0968. The van der Waals surface area contributed by atoms with Crippen LogP contribution in [-0.4, -0.2) is 29.1 Å². The van der Waals surface area contributed by atoms with Crippen molar-refractivity contribution in [3.05, 3.63) is 96.3 Å². The number of rotatable bonds is 6. The summed E-state index contributed by atoms with van der Waals surface area (Å²) < 4.78 is 68.8. The third-order valence-electron chi connectivity index (χ3n) is 4.47. The van der Waals surface area contributed by atoms with Gasteiger partial charge in [-0.1, -0.05) is 0 Å². The van der Waals surface area contributed by atoms with E-state index in [1.165, 1.54) is 53.7 Å². The fourth-order valence-electron chi connectivity index (χ4n) is 2.85. The van der Waals surface area contributed by atoms with Gasteiger partial charge in [0.25, 0.3) is 15.9 Å². The molecule has 168 valence electrons. The molecule has 0 aliphatic carbocycles. The number of sulfonamides is 1. The Hall–Kier alpha value is -4.19. The molecule has 1 amide bonds. The quantitative estimate of drug-likeness (QED) is 0.444. The van der Waals surface area contributed by atoms with Gasteiger partial charge in [0.15, 0.2) is 17.5 Å². The molecule has 0 fully saturated rings. The van der Waals surface area contributed by atoms with E-state index in [0.717, 1.165) is 12.1 Å². The van der Waals surface area contributed by atoms with Crippen LogP contribution in [0.5, 0.6) is 0 Å². The smallest absolute Gasteiger partial charge is 0.261 e. The third-order valence-corrected chi connectivity index (χ3v) is 5.85. The lowest BCUT2D eigenvalue weighted by molar-refractivity contribution is 0.102. The van der Waals surface area contributed by atoms with Crippen LogP contribution >= 0.6 is 0 Å². The van der Waals surface area contributed by atoms with Crippen LogP contribution in [0.3, 0.4) is 0 Å². The zero-order valence-corrected chi connectivity index (χ0v) is 17.4. The Balaban J connectivity index is 1.45. The Morgan fingerprint density at radius 3 is 2.21 bits per heavy atom. The van der Waals surface area contributed by atoms with Crippen molar-refractivity contribution in [3.8, 4) is 5.69 Å². The van der Waals surface area contributed by atoms with Gasteiger partial charge in [-0.3, -0.25) is 9.52 Å². The summed E-state index contributed by atoms with van der Waals surface area (Å²) in [5.74, 6) is -3.65. The van der Waals surface area contributed by atoms with Crippen molar-refractivity contribution in [2.45, 2.75) is 4.90 Å². The molecule has 0 unspecified atom stereocenters. The van der Waals surface area contributed by atoms with Gasteiger partial charge < -0.3 is 5.32 Å². The Bertz CT molecular complexity index is 1430. The van der Waals surface area contributed by atoms with Gasteiger partial charge in [0.1, 0.15) is 18.3 Å².